The third-order valence-corrected chi connectivity index (χ3v) is 4.87. The van der Waals surface area contributed by atoms with Gasteiger partial charge >= 0.3 is 0 Å². The first-order valence-electron chi connectivity index (χ1n) is 6.64. The molecule has 9 heteroatoms. The van der Waals surface area contributed by atoms with Crippen LogP contribution in [0.4, 0.5) is 0 Å². The molecule has 0 bridgehead atoms. The molecule has 1 rings (SSSR count). The van der Waals surface area contributed by atoms with Gasteiger partial charge in [0.25, 0.3) is 0 Å². The summed E-state index contributed by atoms with van der Waals surface area (Å²) in [6, 6.07) is 6.10. The van der Waals surface area contributed by atoms with Crippen LogP contribution < -0.4 is 10.5 Å². The highest BCUT2D eigenvalue weighted by Crippen LogP contribution is 2.08. The molecule has 1 amide bonds. The van der Waals surface area contributed by atoms with E-state index < -0.39 is 19.9 Å². The molecule has 22 heavy (non-hydrogen) atoms. The van der Waals surface area contributed by atoms with E-state index in [1.807, 2.05) is 0 Å². The van der Waals surface area contributed by atoms with Crippen LogP contribution in [0.2, 0.25) is 0 Å². The lowest BCUT2D eigenvalue weighted by Crippen LogP contribution is -2.26. The van der Waals surface area contributed by atoms with Gasteiger partial charge in [0.1, 0.15) is 9.84 Å². The molecule has 0 aliphatic carbocycles. The zero-order chi connectivity index (χ0) is 16.8. The van der Waals surface area contributed by atoms with E-state index in [0.717, 1.165) is 11.8 Å². The molecule has 0 saturated heterocycles. The number of hydrogen-bond donors (Lipinski definition) is 2. The average molecular weight is 348 g/mol. The molecule has 0 unspecified atom stereocenters. The summed E-state index contributed by atoms with van der Waals surface area (Å²) in [5, 5.41) is 7.68. The lowest BCUT2D eigenvalue weighted by Gasteiger charge is -2.06. The standard InChI is InChI=1S/C13H20N2O5S2/c1-21(17,18)10-2-3-13(16)15-9-8-11-4-6-12(7-5-11)22(14,19)20/h4-7H,2-3,8-10H2,1H3,(H,15,16)(H2,14,19,20). The van der Waals surface area contributed by atoms with Gasteiger partial charge in [-0.2, -0.15) is 0 Å². The highest BCUT2D eigenvalue weighted by molar-refractivity contribution is 7.90. The normalized spacial score (nSPS) is 12.1. The van der Waals surface area contributed by atoms with Gasteiger partial charge in [-0.3, -0.25) is 4.79 Å². The molecular formula is C13H20N2O5S2. The first-order valence-corrected chi connectivity index (χ1v) is 10.2. The largest absolute Gasteiger partial charge is 0.356 e. The van der Waals surface area contributed by atoms with Crippen LogP contribution in [0.25, 0.3) is 0 Å². The maximum Gasteiger partial charge on any atom is 0.238 e. The summed E-state index contributed by atoms with van der Waals surface area (Å²) in [4.78, 5) is 11.5. The molecule has 124 valence electrons. The van der Waals surface area contributed by atoms with Crippen LogP contribution in [0.3, 0.4) is 0 Å². The minimum Gasteiger partial charge on any atom is -0.356 e. The van der Waals surface area contributed by atoms with E-state index in [9.17, 15) is 21.6 Å². The summed E-state index contributed by atoms with van der Waals surface area (Å²) in [7, 11) is -6.73. The third-order valence-electron chi connectivity index (χ3n) is 2.91. The Morgan fingerprint density at radius 1 is 1.14 bits per heavy atom. The van der Waals surface area contributed by atoms with Crippen LogP contribution in [0, 0.1) is 0 Å². The van der Waals surface area contributed by atoms with Crippen molar-refractivity contribution in [3.8, 4) is 0 Å². The van der Waals surface area contributed by atoms with Crippen molar-refractivity contribution in [2.75, 3.05) is 18.6 Å². The van der Waals surface area contributed by atoms with Crippen LogP contribution >= 0.6 is 0 Å². The molecule has 0 aliphatic heterocycles. The zero-order valence-corrected chi connectivity index (χ0v) is 13.9. The van der Waals surface area contributed by atoms with E-state index in [-0.39, 0.29) is 23.0 Å². The lowest BCUT2D eigenvalue weighted by molar-refractivity contribution is -0.121. The summed E-state index contributed by atoms with van der Waals surface area (Å²) >= 11 is 0. The van der Waals surface area contributed by atoms with Gasteiger partial charge in [-0.1, -0.05) is 12.1 Å². The minimum atomic E-state index is -3.69. The quantitative estimate of drug-likeness (QED) is 0.674. The predicted molar refractivity (Wildman–Crippen MR) is 83.5 cm³/mol. The Balaban J connectivity index is 2.34. The Hall–Kier alpha value is -1.45. The van der Waals surface area contributed by atoms with Crippen molar-refractivity contribution in [3.05, 3.63) is 29.8 Å². The monoisotopic (exact) mass is 348 g/mol. The van der Waals surface area contributed by atoms with Crippen LogP contribution in [-0.4, -0.2) is 41.3 Å². The van der Waals surface area contributed by atoms with Crippen molar-refractivity contribution in [2.24, 2.45) is 5.14 Å². The number of amides is 1. The first-order chi connectivity index (χ1) is 10.1. The molecule has 0 aromatic heterocycles. The minimum absolute atomic E-state index is 0.00452. The molecule has 0 fully saturated rings. The van der Waals surface area contributed by atoms with Gasteiger partial charge in [0.2, 0.25) is 15.9 Å². The van der Waals surface area contributed by atoms with Gasteiger partial charge < -0.3 is 5.32 Å². The molecule has 0 atom stereocenters. The second-order valence-electron chi connectivity index (χ2n) is 5.02. The topological polar surface area (TPSA) is 123 Å². The molecular weight excluding hydrogens is 328 g/mol. The number of nitrogens with two attached hydrogens (primary N) is 1. The Morgan fingerprint density at radius 3 is 2.23 bits per heavy atom. The number of hydrogen-bond acceptors (Lipinski definition) is 5. The highest BCUT2D eigenvalue weighted by Gasteiger charge is 2.08. The third kappa shape index (κ3) is 7.53. The number of sulfonamides is 1. The maximum atomic E-state index is 11.5. The fraction of sp³-hybridized carbons (Fsp3) is 0.462. The fourth-order valence-electron chi connectivity index (χ4n) is 1.78. The van der Waals surface area contributed by atoms with Crippen molar-refractivity contribution in [1.29, 1.82) is 0 Å². The van der Waals surface area contributed by atoms with Gasteiger partial charge in [-0.15, -0.1) is 0 Å². The van der Waals surface area contributed by atoms with E-state index in [1.165, 1.54) is 12.1 Å². The molecule has 7 nitrogen and oxygen atoms in total. The smallest absolute Gasteiger partial charge is 0.238 e. The predicted octanol–water partition coefficient (Wildman–Crippen LogP) is -0.182. The van der Waals surface area contributed by atoms with Gasteiger partial charge in [0, 0.05) is 19.2 Å². The number of primary sulfonamides is 1. The fourth-order valence-corrected chi connectivity index (χ4v) is 2.96. The average Bonchev–Trinajstić information content (AvgIpc) is 2.36. The number of nitrogens with one attached hydrogen (secondary N) is 1. The molecule has 0 saturated carbocycles. The van der Waals surface area contributed by atoms with Crippen molar-refractivity contribution in [3.63, 3.8) is 0 Å². The molecule has 3 N–H and O–H groups in total. The van der Waals surface area contributed by atoms with Gasteiger partial charge in [0.05, 0.1) is 10.6 Å². The number of sulfone groups is 1. The van der Waals surface area contributed by atoms with Crippen LogP contribution in [-0.2, 0) is 31.1 Å². The van der Waals surface area contributed by atoms with Gasteiger partial charge in [0.15, 0.2) is 0 Å². The van der Waals surface area contributed by atoms with Crippen LogP contribution in [0.5, 0.6) is 0 Å². The van der Waals surface area contributed by atoms with Crippen molar-refractivity contribution < 1.29 is 21.6 Å². The Labute approximate surface area is 130 Å². The Bertz CT molecular complexity index is 709. The number of benzene rings is 1. The number of carbonyl (C=O) groups is 1. The van der Waals surface area contributed by atoms with E-state index in [1.54, 1.807) is 12.1 Å². The number of carbonyl (C=O) groups excluding carboxylic acids is 1. The zero-order valence-electron chi connectivity index (χ0n) is 12.3. The Morgan fingerprint density at radius 2 is 1.73 bits per heavy atom. The summed E-state index contributed by atoms with van der Waals surface area (Å²) < 4.78 is 44.0. The van der Waals surface area contributed by atoms with Gasteiger partial charge in [-0.05, 0) is 30.5 Å². The maximum absolute atomic E-state index is 11.5. The molecule has 0 radical (unpaired) electrons. The first kappa shape index (κ1) is 18.6. The highest BCUT2D eigenvalue weighted by atomic mass is 32.2. The van der Waals surface area contributed by atoms with Crippen molar-refractivity contribution in [2.45, 2.75) is 24.2 Å². The van der Waals surface area contributed by atoms with Gasteiger partial charge in [-0.25, -0.2) is 22.0 Å². The SMILES string of the molecule is CS(=O)(=O)CCCC(=O)NCCc1ccc(S(N)(=O)=O)cc1. The summed E-state index contributed by atoms with van der Waals surface area (Å²) in [5.41, 5.74) is 0.865. The van der Waals surface area contributed by atoms with E-state index in [4.69, 9.17) is 5.14 Å². The Kier molecular flexibility index (Phi) is 6.51. The lowest BCUT2D eigenvalue weighted by atomic mass is 10.1. The van der Waals surface area contributed by atoms with E-state index in [0.29, 0.717) is 19.4 Å². The molecule has 0 spiro atoms. The van der Waals surface area contributed by atoms with Crippen molar-refractivity contribution in [1.82, 2.24) is 5.32 Å². The second kappa shape index (κ2) is 7.70. The van der Waals surface area contributed by atoms with E-state index >= 15 is 0 Å². The summed E-state index contributed by atoms with van der Waals surface area (Å²) in [5.74, 6) is -0.208. The molecule has 1 aromatic rings. The molecule has 0 aliphatic rings. The van der Waals surface area contributed by atoms with Crippen LogP contribution in [0.1, 0.15) is 18.4 Å². The summed E-state index contributed by atoms with van der Waals surface area (Å²) in [6.07, 6.45) is 2.14. The van der Waals surface area contributed by atoms with E-state index in [2.05, 4.69) is 5.32 Å². The molecule has 1 aromatic carbocycles. The second-order valence-corrected chi connectivity index (χ2v) is 8.84. The number of rotatable bonds is 8. The summed E-state index contributed by atoms with van der Waals surface area (Å²) in [6.45, 7) is 0.395. The van der Waals surface area contributed by atoms with Crippen LogP contribution in [0.15, 0.2) is 29.2 Å². The van der Waals surface area contributed by atoms with Crippen molar-refractivity contribution >= 4 is 25.8 Å². The molecule has 0 heterocycles.